The molecule has 0 spiro atoms. The van der Waals surface area contributed by atoms with Crippen molar-refractivity contribution in [1.82, 2.24) is 4.57 Å². The highest BCUT2D eigenvalue weighted by molar-refractivity contribution is 6.31. The van der Waals surface area contributed by atoms with Crippen molar-refractivity contribution in [3.63, 3.8) is 0 Å². The molecule has 0 saturated heterocycles. The van der Waals surface area contributed by atoms with E-state index < -0.39 is 36.4 Å². The molecular formula is C20H16ClF3N2O4. The quantitative estimate of drug-likeness (QED) is 0.567. The molecule has 1 heterocycles. The lowest BCUT2D eigenvalue weighted by Crippen LogP contribution is -2.31. The van der Waals surface area contributed by atoms with Gasteiger partial charge in [0, 0.05) is 40.1 Å². The molecule has 4 N–H and O–H groups in total. The highest BCUT2D eigenvalue weighted by Gasteiger charge is 2.32. The lowest BCUT2D eigenvalue weighted by molar-refractivity contribution is -0.137. The van der Waals surface area contributed by atoms with Crippen LogP contribution in [0.2, 0.25) is 5.02 Å². The van der Waals surface area contributed by atoms with Gasteiger partial charge >= 0.3 is 6.18 Å². The molecule has 30 heavy (non-hydrogen) atoms. The van der Waals surface area contributed by atoms with E-state index in [-0.39, 0.29) is 44.8 Å². The standard InChI is InChI=1S/C20H16ClF3N2O4/c21-11-2-4-16(28)14(8-11)18-12(5-6-27)19(30)26(9-17(25)29)15-3-1-10(7-13(15)18)20(22,23)24/h1-4,7-8,27-28H,5-6,9H2,(H2,25,29). The van der Waals surface area contributed by atoms with E-state index in [0.717, 1.165) is 22.8 Å². The zero-order valence-corrected chi connectivity index (χ0v) is 16.1. The van der Waals surface area contributed by atoms with Crippen LogP contribution in [0.3, 0.4) is 0 Å². The smallest absolute Gasteiger partial charge is 0.416 e. The van der Waals surface area contributed by atoms with Crippen LogP contribution in [0, 0.1) is 0 Å². The molecule has 1 aromatic heterocycles. The van der Waals surface area contributed by atoms with Gasteiger partial charge in [-0.25, -0.2) is 0 Å². The number of benzene rings is 2. The van der Waals surface area contributed by atoms with Crippen molar-refractivity contribution in [1.29, 1.82) is 0 Å². The number of hydrogen-bond donors (Lipinski definition) is 3. The van der Waals surface area contributed by atoms with Gasteiger partial charge in [0.05, 0.1) is 11.1 Å². The van der Waals surface area contributed by atoms with E-state index in [4.69, 9.17) is 17.3 Å². The molecule has 10 heteroatoms. The van der Waals surface area contributed by atoms with E-state index in [9.17, 15) is 33.0 Å². The number of nitrogens with zero attached hydrogens (tertiary/aromatic N) is 1. The van der Waals surface area contributed by atoms with Gasteiger partial charge in [-0.3, -0.25) is 14.2 Å². The number of carbonyl (C=O) groups excluding carboxylic acids is 1. The third kappa shape index (κ3) is 3.99. The zero-order chi connectivity index (χ0) is 22.2. The van der Waals surface area contributed by atoms with Gasteiger partial charge in [0.2, 0.25) is 5.91 Å². The van der Waals surface area contributed by atoms with Gasteiger partial charge in [0.1, 0.15) is 12.3 Å². The van der Waals surface area contributed by atoms with Crippen LogP contribution in [0.5, 0.6) is 5.75 Å². The van der Waals surface area contributed by atoms with Crippen molar-refractivity contribution >= 4 is 28.4 Å². The number of carbonyl (C=O) groups is 1. The second-order valence-corrected chi connectivity index (χ2v) is 7.01. The van der Waals surface area contributed by atoms with Crippen LogP contribution in [-0.4, -0.2) is 27.3 Å². The Morgan fingerprint density at radius 1 is 1.17 bits per heavy atom. The maximum atomic E-state index is 13.4. The molecule has 3 rings (SSSR count). The topological polar surface area (TPSA) is 106 Å². The number of pyridine rings is 1. The molecule has 0 atom stereocenters. The van der Waals surface area contributed by atoms with Gasteiger partial charge in [-0.15, -0.1) is 0 Å². The van der Waals surface area contributed by atoms with Gasteiger partial charge in [-0.1, -0.05) is 11.6 Å². The summed E-state index contributed by atoms with van der Waals surface area (Å²) in [7, 11) is 0. The molecule has 0 aliphatic rings. The molecule has 0 bridgehead atoms. The van der Waals surface area contributed by atoms with Gasteiger partial charge in [0.25, 0.3) is 5.56 Å². The number of aromatic hydroxyl groups is 1. The minimum atomic E-state index is -4.68. The molecule has 0 unspecified atom stereocenters. The predicted octanol–water partition coefficient (Wildman–Crippen LogP) is 3.07. The molecule has 6 nitrogen and oxygen atoms in total. The Morgan fingerprint density at radius 3 is 2.47 bits per heavy atom. The largest absolute Gasteiger partial charge is 0.507 e. The zero-order valence-electron chi connectivity index (χ0n) is 15.3. The minimum Gasteiger partial charge on any atom is -0.507 e. The number of rotatable bonds is 5. The van der Waals surface area contributed by atoms with Crippen LogP contribution in [0.25, 0.3) is 22.0 Å². The number of phenols is 1. The summed E-state index contributed by atoms with van der Waals surface area (Å²) in [6.07, 6.45) is -4.91. The maximum absolute atomic E-state index is 13.4. The summed E-state index contributed by atoms with van der Waals surface area (Å²) in [5, 5.41) is 19.9. The first-order chi connectivity index (χ1) is 14.0. The van der Waals surface area contributed by atoms with Gasteiger partial charge in [-0.05, 0) is 36.4 Å². The molecule has 0 aliphatic carbocycles. The molecule has 0 saturated carbocycles. The number of hydrogen-bond acceptors (Lipinski definition) is 4. The van der Waals surface area contributed by atoms with E-state index >= 15 is 0 Å². The fourth-order valence-electron chi connectivity index (χ4n) is 3.36. The van der Waals surface area contributed by atoms with Gasteiger partial charge in [0.15, 0.2) is 0 Å². The third-order valence-corrected chi connectivity index (χ3v) is 4.83. The molecular weight excluding hydrogens is 425 g/mol. The number of aromatic nitrogens is 1. The Morgan fingerprint density at radius 2 is 1.87 bits per heavy atom. The maximum Gasteiger partial charge on any atom is 0.416 e. The van der Waals surface area contributed by atoms with Crippen LogP contribution < -0.4 is 11.3 Å². The average molecular weight is 441 g/mol. The Balaban J connectivity index is 2.56. The van der Waals surface area contributed by atoms with E-state index in [1.54, 1.807) is 0 Å². The number of primary amides is 1. The normalized spacial score (nSPS) is 11.8. The summed E-state index contributed by atoms with van der Waals surface area (Å²) in [6.45, 7) is -1.06. The van der Waals surface area contributed by atoms with Crippen molar-refractivity contribution in [3.05, 3.63) is 62.9 Å². The third-order valence-electron chi connectivity index (χ3n) is 4.59. The van der Waals surface area contributed by atoms with Crippen LogP contribution in [0.4, 0.5) is 13.2 Å². The van der Waals surface area contributed by atoms with Crippen molar-refractivity contribution in [2.45, 2.75) is 19.1 Å². The summed E-state index contributed by atoms with van der Waals surface area (Å²) in [4.78, 5) is 24.6. The molecule has 1 amide bonds. The van der Waals surface area contributed by atoms with Gasteiger partial charge in [-0.2, -0.15) is 13.2 Å². The first-order valence-electron chi connectivity index (χ1n) is 8.69. The molecule has 158 valence electrons. The number of alkyl halides is 3. The number of aliphatic hydroxyl groups excluding tert-OH is 1. The predicted molar refractivity (Wildman–Crippen MR) is 105 cm³/mol. The first kappa shape index (κ1) is 21.7. The van der Waals surface area contributed by atoms with Crippen LogP contribution in [-0.2, 0) is 23.9 Å². The Kier molecular flexibility index (Phi) is 5.78. The van der Waals surface area contributed by atoms with Crippen LogP contribution >= 0.6 is 11.6 Å². The molecule has 2 aromatic carbocycles. The lowest BCUT2D eigenvalue weighted by Gasteiger charge is -2.19. The first-order valence-corrected chi connectivity index (χ1v) is 9.07. The summed E-state index contributed by atoms with van der Waals surface area (Å²) in [6, 6.07) is 6.61. The number of amides is 1. The van der Waals surface area contributed by atoms with Gasteiger partial charge < -0.3 is 15.9 Å². The number of phenolic OH excluding ortho intramolecular Hbond substituents is 1. The van der Waals surface area contributed by atoms with E-state index in [1.165, 1.54) is 18.2 Å². The SMILES string of the molecule is NC(=O)Cn1c(=O)c(CCO)c(-c2cc(Cl)ccc2O)c2cc(C(F)(F)F)ccc21. The average Bonchev–Trinajstić information content (AvgIpc) is 2.66. The number of nitrogens with two attached hydrogens (primary N) is 1. The van der Waals surface area contributed by atoms with Crippen molar-refractivity contribution in [2.75, 3.05) is 6.61 Å². The highest BCUT2D eigenvalue weighted by atomic mass is 35.5. The second-order valence-electron chi connectivity index (χ2n) is 6.58. The summed E-state index contributed by atoms with van der Waals surface area (Å²) in [5.41, 5.74) is 3.47. The Hall–Kier alpha value is -3.04. The molecule has 3 aromatic rings. The summed E-state index contributed by atoms with van der Waals surface area (Å²) >= 11 is 6.01. The molecule has 0 radical (unpaired) electrons. The van der Waals surface area contributed by atoms with Crippen molar-refractivity contribution < 1.29 is 28.2 Å². The number of fused-ring (bicyclic) bond motifs is 1. The summed E-state index contributed by atoms with van der Waals surface area (Å²) < 4.78 is 41.1. The Labute approximate surface area is 172 Å². The van der Waals surface area contributed by atoms with E-state index in [1.807, 2.05) is 0 Å². The van der Waals surface area contributed by atoms with Crippen LogP contribution in [0.1, 0.15) is 11.1 Å². The van der Waals surface area contributed by atoms with Crippen LogP contribution in [0.15, 0.2) is 41.2 Å². The monoisotopic (exact) mass is 440 g/mol. The molecule has 0 fully saturated rings. The fourth-order valence-corrected chi connectivity index (χ4v) is 3.53. The Bertz CT molecular complexity index is 1210. The van der Waals surface area contributed by atoms with E-state index in [2.05, 4.69) is 0 Å². The lowest BCUT2D eigenvalue weighted by atomic mass is 9.92. The fraction of sp³-hybridized carbons (Fsp3) is 0.200. The second kappa shape index (κ2) is 8.00. The highest BCUT2D eigenvalue weighted by Crippen LogP contribution is 2.40. The minimum absolute atomic E-state index is 0.00382. The number of halogens is 4. The summed E-state index contributed by atoms with van der Waals surface area (Å²) in [5.74, 6) is -1.18. The number of aliphatic hydroxyl groups is 1. The molecule has 0 aliphatic heterocycles. The van der Waals surface area contributed by atoms with Crippen molar-refractivity contribution in [2.24, 2.45) is 5.73 Å². The van der Waals surface area contributed by atoms with E-state index in [0.29, 0.717) is 0 Å². The van der Waals surface area contributed by atoms with Crippen molar-refractivity contribution in [3.8, 4) is 16.9 Å².